The van der Waals surface area contributed by atoms with E-state index in [9.17, 15) is 18.8 Å². The lowest BCUT2D eigenvalue weighted by atomic mass is 9.81. The van der Waals surface area contributed by atoms with E-state index in [2.05, 4.69) is 25.8 Å². The average Bonchev–Trinajstić information content (AvgIpc) is 2.85. The number of anilines is 2. The summed E-state index contributed by atoms with van der Waals surface area (Å²) in [7, 11) is 0. The van der Waals surface area contributed by atoms with Crippen LogP contribution in [0, 0.1) is 17.7 Å². The fourth-order valence-corrected chi connectivity index (χ4v) is 5.58. The van der Waals surface area contributed by atoms with E-state index in [-0.39, 0.29) is 30.1 Å². The van der Waals surface area contributed by atoms with Crippen LogP contribution in [0.5, 0.6) is 0 Å². The minimum atomic E-state index is -0.530. The molecule has 0 aromatic heterocycles. The monoisotopic (exact) mass is 531 g/mol. The molecule has 0 bridgehead atoms. The summed E-state index contributed by atoms with van der Waals surface area (Å²) in [6.07, 6.45) is 4.90. The summed E-state index contributed by atoms with van der Waals surface area (Å²) >= 11 is 0. The maximum atomic E-state index is 15.0. The molecule has 1 aromatic carbocycles. The molecule has 9 nitrogen and oxygen atoms in total. The first kappa shape index (κ1) is 28.1. The molecule has 2 heterocycles. The number of hydrogen-bond donors (Lipinski definition) is 3. The molecule has 210 valence electrons. The lowest BCUT2D eigenvalue weighted by Gasteiger charge is -2.39. The van der Waals surface area contributed by atoms with Crippen molar-refractivity contribution in [1.82, 2.24) is 15.5 Å². The van der Waals surface area contributed by atoms with E-state index in [1.165, 1.54) is 6.07 Å². The van der Waals surface area contributed by atoms with Gasteiger partial charge in [0.05, 0.1) is 5.69 Å². The van der Waals surface area contributed by atoms with Crippen molar-refractivity contribution in [3.63, 3.8) is 0 Å². The molecule has 3 N–H and O–H groups in total. The highest BCUT2D eigenvalue weighted by Crippen LogP contribution is 2.30. The van der Waals surface area contributed by atoms with Crippen molar-refractivity contribution in [2.45, 2.75) is 70.9 Å². The lowest BCUT2D eigenvalue weighted by Crippen LogP contribution is -2.48. The maximum absolute atomic E-state index is 15.0. The van der Waals surface area contributed by atoms with Gasteiger partial charge in [-0.3, -0.25) is 19.8 Å². The third-order valence-electron chi connectivity index (χ3n) is 7.66. The number of ether oxygens (including phenoxy) is 1. The number of alkyl carbamates (subject to hydrolysis) is 1. The van der Waals surface area contributed by atoms with Gasteiger partial charge < -0.3 is 20.3 Å². The van der Waals surface area contributed by atoms with Gasteiger partial charge in [-0.2, -0.15) is 0 Å². The predicted octanol–water partition coefficient (Wildman–Crippen LogP) is 3.50. The number of nitrogens with zero attached hydrogens (tertiary/aromatic N) is 2. The Kier molecular flexibility index (Phi) is 9.12. The van der Waals surface area contributed by atoms with Crippen molar-refractivity contribution in [2.24, 2.45) is 11.8 Å². The Morgan fingerprint density at radius 2 is 1.74 bits per heavy atom. The molecule has 3 fully saturated rings. The Hall–Kier alpha value is -2.88. The smallest absolute Gasteiger partial charge is 0.407 e. The highest BCUT2D eigenvalue weighted by molar-refractivity contribution is 6.01. The summed E-state index contributed by atoms with van der Waals surface area (Å²) in [6, 6.07) is 4.47. The molecule has 38 heavy (non-hydrogen) atoms. The number of halogens is 1. The molecule has 1 aromatic rings. The van der Waals surface area contributed by atoms with Gasteiger partial charge in [-0.05, 0) is 82.9 Å². The lowest BCUT2D eigenvalue weighted by molar-refractivity contribution is -0.133. The van der Waals surface area contributed by atoms with E-state index in [0.29, 0.717) is 36.2 Å². The number of amides is 3. The Labute approximate surface area is 224 Å². The van der Waals surface area contributed by atoms with Crippen LogP contribution < -0.4 is 20.9 Å². The molecule has 3 aliphatic rings. The zero-order valence-electron chi connectivity index (χ0n) is 22.9. The van der Waals surface area contributed by atoms with Crippen LogP contribution in [0.25, 0.3) is 0 Å². The number of carbonyl (C=O) groups excluding carboxylic acids is 3. The number of rotatable bonds is 7. The zero-order chi connectivity index (χ0) is 27.3. The first-order chi connectivity index (χ1) is 18.1. The first-order valence-corrected chi connectivity index (χ1v) is 13.9. The number of piperazine rings is 1. The van der Waals surface area contributed by atoms with Gasteiger partial charge in [0.25, 0.3) is 0 Å². The van der Waals surface area contributed by atoms with Gasteiger partial charge >= 0.3 is 6.09 Å². The standard InChI is InChI=1S/C28H42FN5O4/c1-28(2,3)38-27(37)30-17-19-4-6-20(7-5-19)18-33-12-14-34(15-13-33)24-10-8-21(16-22(24)29)31-23-9-11-25(35)32-26(23)36/h8,10,16,19-20,23,31H,4-7,9,11-15,17-18H2,1-3H3,(H,30,37)(H,32,35,36). The number of carbonyl (C=O) groups is 3. The fraction of sp³-hybridized carbons (Fsp3) is 0.679. The maximum Gasteiger partial charge on any atom is 0.407 e. The highest BCUT2D eigenvalue weighted by atomic mass is 19.1. The quantitative estimate of drug-likeness (QED) is 0.463. The summed E-state index contributed by atoms with van der Waals surface area (Å²) in [5.74, 6) is 0.218. The Morgan fingerprint density at radius 3 is 2.37 bits per heavy atom. The van der Waals surface area contributed by atoms with Crippen molar-refractivity contribution >= 4 is 29.3 Å². The third kappa shape index (κ3) is 8.06. The number of piperidine rings is 1. The first-order valence-electron chi connectivity index (χ1n) is 13.9. The van der Waals surface area contributed by atoms with Gasteiger partial charge in [-0.1, -0.05) is 0 Å². The van der Waals surface area contributed by atoms with E-state index in [0.717, 1.165) is 58.4 Å². The number of benzene rings is 1. The Balaban J connectivity index is 1.17. The van der Waals surface area contributed by atoms with Crippen LogP contribution in [0.15, 0.2) is 18.2 Å². The molecule has 10 heteroatoms. The molecule has 3 amide bonds. The van der Waals surface area contributed by atoms with Gasteiger partial charge in [0.2, 0.25) is 11.8 Å². The van der Waals surface area contributed by atoms with Crippen molar-refractivity contribution in [2.75, 3.05) is 49.5 Å². The summed E-state index contributed by atoms with van der Waals surface area (Å²) in [5.41, 5.74) is 0.642. The molecule has 1 saturated carbocycles. The van der Waals surface area contributed by atoms with E-state index in [1.54, 1.807) is 12.1 Å². The minimum absolute atomic E-state index is 0.269. The molecule has 0 radical (unpaired) electrons. The SMILES string of the molecule is CC(C)(C)OC(=O)NCC1CCC(CN2CCN(c3ccc(NC4CCC(=O)NC4=O)cc3F)CC2)CC1. The van der Waals surface area contributed by atoms with Gasteiger partial charge in [-0.15, -0.1) is 0 Å². The molecule has 4 rings (SSSR count). The molecule has 2 saturated heterocycles. The van der Waals surface area contributed by atoms with E-state index in [4.69, 9.17) is 4.74 Å². The molecular weight excluding hydrogens is 489 g/mol. The van der Waals surface area contributed by atoms with Crippen LogP contribution in [-0.2, 0) is 14.3 Å². The molecule has 2 aliphatic heterocycles. The largest absolute Gasteiger partial charge is 0.444 e. The van der Waals surface area contributed by atoms with Crippen molar-refractivity contribution in [3.8, 4) is 0 Å². The highest BCUT2D eigenvalue weighted by Gasteiger charge is 2.28. The predicted molar refractivity (Wildman–Crippen MR) is 145 cm³/mol. The second-order valence-electron chi connectivity index (χ2n) is 11.9. The Bertz CT molecular complexity index is 997. The summed E-state index contributed by atoms with van der Waals surface area (Å²) < 4.78 is 20.3. The van der Waals surface area contributed by atoms with Gasteiger partial charge in [-0.25, -0.2) is 9.18 Å². The van der Waals surface area contributed by atoms with E-state index >= 15 is 0 Å². The number of hydrogen-bond acceptors (Lipinski definition) is 7. The summed E-state index contributed by atoms with van der Waals surface area (Å²) in [5, 5.41) is 8.27. The van der Waals surface area contributed by atoms with Gasteiger partial charge in [0.15, 0.2) is 0 Å². The van der Waals surface area contributed by atoms with Crippen molar-refractivity contribution in [1.29, 1.82) is 0 Å². The zero-order valence-corrected chi connectivity index (χ0v) is 22.9. The third-order valence-corrected chi connectivity index (χ3v) is 7.66. The van der Waals surface area contributed by atoms with Crippen molar-refractivity contribution in [3.05, 3.63) is 24.0 Å². The van der Waals surface area contributed by atoms with Crippen LogP contribution in [0.1, 0.15) is 59.3 Å². The van der Waals surface area contributed by atoms with Crippen LogP contribution in [0.2, 0.25) is 0 Å². The molecule has 1 atom stereocenters. The summed E-state index contributed by atoms with van der Waals surface area (Å²) in [6.45, 7) is 10.7. The average molecular weight is 532 g/mol. The molecular formula is C28H42FN5O4. The van der Waals surface area contributed by atoms with Crippen LogP contribution in [0.3, 0.4) is 0 Å². The van der Waals surface area contributed by atoms with Gasteiger partial charge in [0.1, 0.15) is 17.5 Å². The molecule has 1 unspecified atom stereocenters. The number of nitrogens with one attached hydrogen (secondary N) is 3. The van der Waals surface area contributed by atoms with E-state index in [1.807, 2.05) is 20.8 Å². The van der Waals surface area contributed by atoms with Crippen LogP contribution in [0.4, 0.5) is 20.6 Å². The minimum Gasteiger partial charge on any atom is -0.444 e. The van der Waals surface area contributed by atoms with Crippen LogP contribution in [-0.4, -0.2) is 73.7 Å². The second kappa shape index (κ2) is 12.3. The molecule has 0 spiro atoms. The topological polar surface area (TPSA) is 103 Å². The van der Waals surface area contributed by atoms with Crippen molar-refractivity contribution < 1.29 is 23.5 Å². The summed E-state index contributed by atoms with van der Waals surface area (Å²) in [4.78, 5) is 39.8. The Morgan fingerprint density at radius 1 is 1.05 bits per heavy atom. The number of imide groups is 1. The van der Waals surface area contributed by atoms with Crippen LogP contribution >= 0.6 is 0 Å². The second-order valence-corrected chi connectivity index (χ2v) is 11.9. The molecule has 1 aliphatic carbocycles. The fourth-order valence-electron chi connectivity index (χ4n) is 5.58. The van der Waals surface area contributed by atoms with E-state index < -0.39 is 11.6 Å². The normalized spacial score (nSPS) is 25.1. The van der Waals surface area contributed by atoms with Gasteiger partial charge in [0, 0.05) is 51.4 Å².